The topological polar surface area (TPSA) is 69.6 Å². The van der Waals surface area contributed by atoms with Crippen LogP contribution in [-0.2, 0) is 0 Å². The second-order valence-corrected chi connectivity index (χ2v) is 4.39. The van der Waals surface area contributed by atoms with Crippen molar-refractivity contribution < 1.29 is 23.5 Å². The summed E-state index contributed by atoms with van der Waals surface area (Å²) in [5.41, 5.74) is -0.750. The number of carbonyl (C=O) groups is 2. The monoisotopic (exact) mass is 270 g/mol. The zero-order valence-corrected chi connectivity index (χ0v) is 10.1. The Hall–Kier alpha value is -2.18. The number of halogens is 2. The first-order valence-corrected chi connectivity index (χ1v) is 5.66. The number of nitrogens with one attached hydrogen (secondary N) is 1. The van der Waals surface area contributed by atoms with Crippen molar-refractivity contribution in [2.75, 3.05) is 12.4 Å². The van der Waals surface area contributed by atoms with E-state index in [4.69, 9.17) is 5.11 Å². The van der Waals surface area contributed by atoms with Gasteiger partial charge in [0, 0.05) is 19.2 Å². The standard InChI is InChI=1S/C12H12F2N2O3/c1-16(6-2-3-6)12(19)15-10-5-9(14)8(13)4-7(10)11(17)18/h4-6H,2-3H2,1H3,(H,15,19)(H,17,18). The number of carboxylic acids is 1. The molecule has 2 rings (SSSR count). The van der Waals surface area contributed by atoms with Crippen LogP contribution in [0.2, 0.25) is 0 Å². The number of aromatic carboxylic acids is 1. The molecule has 1 aliphatic carbocycles. The molecule has 1 aliphatic rings. The van der Waals surface area contributed by atoms with Gasteiger partial charge in [-0.2, -0.15) is 0 Å². The highest BCUT2D eigenvalue weighted by molar-refractivity contribution is 6.00. The van der Waals surface area contributed by atoms with E-state index in [2.05, 4.69) is 5.32 Å². The summed E-state index contributed by atoms with van der Waals surface area (Å²) >= 11 is 0. The molecular weight excluding hydrogens is 258 g/mol. The van der Waals surface area contributed by atoms with Crippen molar-refractivity contribution in [3.05, 3.63) is 29.3 Å². The molecule has 19 heavy (non-hydrogen) atoms. The van der Waals surface area contributed by atoms with Crippen LogP contribution in [0.5, 0.6) is 0 Å². The molecule has 2 N–H and O–H groups in total. The fourth-order valence-corrected chi connectivity index (χ4v) is 1.66. The average molecular weight is 270 g/mol. The van der Waals surface area contributed by atoms with Gasteiger partial charge < -0.3 is 15.3 Å². The van der Waals surface area contributed by atoms with Crippen LogP contribution < -0.4 is 5.32 Å². The predicted octanol–water partition coefficient (Wildman–Crippen LogP) is 2.29. The molecule has 0 atom stereocenters. The molecule has 0 radical (unpaired) electrons. The normalized spacial score (nSPS) is 14.1. The van der Waals surface area contributed by atoms with E-state index in [-0.39, 0.29) is 11.7 Å². The lowest BCUT2D eigenvalue weighted by Gasteiger charge is -2.18. The summed E-state index contributed by atoms with van der Waals surface area (Å²) in [5, 5.41) is 11.2. The third kappa shape index (κ3) is 2.81. The van der Waals surface area contributed by atoms with Crippen LogP contribution in [-0.4, -0.2) is 35.1 Å². The molecule has 1 saturated carbocycles. The summed E-state index contributed by atoms with van der Waals surface area (Å²) in [6.45, 7) is 0. The van der Waals surface area contributed by atoms with Crippen LogP contribution in [0.3, 0.4) is 0 Å². The molecule has 1 fully saturated rings. The van der Waals surface area contributed by atoms with Gasteiger partial charge in [-0.1, -0.05) is 0 Å². The van der Waals surface area contributed by atoms with Crippen molar-refractivity contribution in [1.29, 1.82) is 0 Å². The van der Waals surface area contributed by atoms with E-state index in [1.165, 1.54) is 4.90 Å². The van der Waals surface area contributed by atoms with Gasteiger partial charge >= 0.3 is 12.0 Å². The largest absolute Gasteiger partial charge is 0.478 e. The van der Waals surface area contributed by atoms with Gasteiger partial charge in [-0.3, -0.25) is 0 Å². The fourth-order valence-electron chi connectivity index (χ4n) is 1.66. The van der Waals surface area contributed by atoms with Crippen molar-refractivity contribution in [2.45, 2.75) is 18.9 Å². The van der Waals surface area contributed by atoms with Gasteiger partial charge in [0.25, 0.3) is 0 Å². The number of hydrogen-bond acceptors (Lipinski definition) is 2. The maximum absolute atomic E-state index is 13.1. The van der Waals surface area contributed by atoms with Crippen molar-refractivity contribution in [3.63, 3.8) is 0 Å². The van der Waals surface area contributed by atoms with Crippen molar-refractivity contribution in [1.82, 2.24) is 4.90 Å². The quantitative estimate of drug-likeness (QED) is 0.885. The third-order valence-electron chi connectivity index (χ3n) is 2.95. The third-order valence-corrected chi connectivity index (χ3v) is 2.95. The van der Waals surface area contributed by atoms with E-state index in [0.717, 1.165) is 12.8 Å². The minimum absolute atomic E-state index is 0.124. The van der Waals surface area contributed by atoms with E-state index < -0.39 is 29.2 Å². The lowest BCUT2D eigenvalue weighted by Crippen LogP contribution is -2.33. The maximum Gasteiger partial charge on any atom is 0.337 e. The zero-order chi connectivity index (χ0) is 14.2. The first-order chi connectivity index (χ1) is 8.90. The number of carbonyl (C=O) groups excluding carboxylic acids is 1. The number of nitrogens with zero attached hydrogens (tertiary/aromatic N) is 1. The van der Waals surface area contributed by atoms with E-state index in [1.807, 2.05) is 0 Å². The Morgan fingerprint density at radius 1 is 1.32 bits per heavy atom. The summed E-state index contributed by atoms with van der Waals surface area (Å²) in [7, 11) is 1.56. The molecular formula is C12H12F2N2O3. The molecule has 0 unspecified atom stereocenters. The highest BCUT2D eigenvalue weighted by atomic mass is 19.2. The number of amides is 2. The SMILES string of the molecule is CN(C(=O)Nc1cc(F)c(F)cc1C(=O)O)C1CC1. The average Bonchev–Trinajstić information content (AvgIpc) is 3.16. The summed E-state index contributed by atoms with van der Waals surface area (Å²) in [4.78, 5) is 24.1. The first kappa shape index (κ1) is 13.3. The van der Waals surface area contributed by atoms with Gasteiger partial charge in [0.2, 0.25) is 0 Å². The van der Waals surface area contributed by atoms with Crippen LogP contribution in [0.1, 0.15) is 23.2 Å². The van der Waals surface area contributed by atoms with Gasteiger partial charge in [0.15, 0.2) is 11.6 Å². The van der Waals surface area contributed by atoms with E-state index >= 15 is 0 Å². The number of benzene rings is 1. The summed E-state index contributed by atoms with van der Waals surface area (Å²) in [5.74, 6) is -3.93. The number of rotatable bonds is 3. The van der Waals surface area contributed by atoms with Gasteiger partial charge in [-0.25, -0.2) is 18.4 Å². The van der Waals surface area contributed by atoms with Gasteiger partial charge in [0.05, 0.1) is 11.3 Å². The molecule has 0 spiro atoms. The van der Waals surface area contributed by atoms with E-state index in [9.17, 15) is 18.4 Å². The minimum atomic E-state index is -1.44. The first-order valence-electron chi connectivity index (χ1n) is 5.66. The van der Waals surface area contributed by atoms with E-state index in [0.29, 0.717) is 12.1 Å². The second kappa shape index (κ2) is 4.83. The van der Waals surface area contributed by atoms with Crippen molar-refractivity contribution >= 4 is 17.7 Å². The van der Waals surface area contributed by atoms with Crippen LogP contribution >= 0.6 is 0 Å². The molecule has 2 amide bonds. The van der Waals surface area contributed by atoms with Crippen LogP contribution in [0.15, 0.2) is 12.1 Å². The molecule has 1 aromatic carbocycles. The highest BCUT2D eigenvalue weighted by Gasteiger charge is 2.30. The second-order valence-electron chi connectivity index (χ2n) is 4.39. The molecule has 0 saturated heterocycles. The number of urea groups is 1. The van der Waals surface area contributed by atoms with E-state index in [1.54, 1.807) is 7.05 Å². The van der Waals surface area contributed by atoms with Crippen LogP contribution in [0.4, 0.5) is 19.3 Å². The molecule has 5 nitrogen and oxygen atoms in total. The number of hydrogen-bond donors (Lipinski definition) is 2. The van der Waals surface area contributed by atoms with Crippen LogP contribution in [0, 0.1) is 11.6 Å². The van der Waals surface area contributed by atoms with Crippen molar-refractivity contribution in [3.8, 4) is 0 Å². The Balaban J connectivity index is 2.25. The molecule has 7 heteroatoms. The molecule has 1 aromatic rings. The Labute approximate surface area is 107 Å². The Kier molecular flexibility index (Phi) is 3.37. The smallest absolute Gasteiger partial charge is 0.337 e. The van der Waals surface area contributed by atoms with Gasteiger partial charge in [-0.15, -0.1) is 0 Å². The van der Waals surface area contributed by atoms with Crippen LogP contribution in [0.25, 0.3) is 0 Å². The molecule has 0 aromatic heterocycles. The summed E-state index contributed by atoms with van der Waals surface area (Å²) < 4.78 is 26.1. The molecule has 0 heterocycles. The highest BCUT2D eigenvalue weighted by Crippen LogP contribution is 2.27. The lowest BCUT2D eigenvalue weighted by molar-refractivity contribution is 0.0697. The maximum atomic E-state index is 13.1. The van der Waals surface area contributed by atoms with Crippen molar-refractivity contribution in [2.24, 2.45) is 0 Å². The number of carboxylic acid groups (broad SMARTS) is 1. The Morgan fingerprint density at radius 2 is 1.89 bits per heavy atom. The van der Waals surface area contributed by atoms with Gasteiger partial charge in [-0.05, 0) is 18.9 Å². The zero-order valence-electron chi connectivity index (χ0n) is 10.1. The fraction of sp³-hybridized carbons (Fsp3) is 0.333. The predicted molar refractivity (Wildman–Crippen MR) is 63.1 cm³/mol. The minimum Gasteiger partial charge on any atom is -0.478 e. The van der Waals surface area contributed by atoms with Gasteiger partial charge in [0.1, 0.15) is 0 Å². The summed E-state index contributed by atoms with van der Waals surface area (Å²) in [6.07, 6.45) is 1.76. The summed E-state index contributed by atoms with van der Waals surface area (Å²) in [6, 6.07) is 0.788. The molecule has 102 valence electrons. The molecule has 0 bridgehead atoms. The Bertz CT molecular complexity index is 544. The Morgan fingerprint density at radius 3 is 2.42 bits per heavy atom. The lowest BCUT2D eigenvalue weighted by atomic mass is 10.1. The number of anilines is 1. The molecule has 0 aliphatic heterocycles.